The molecule has 0 radical (unpaired) electrons. The van der Waals surface area contributed by atoms with Gasteiger partial charge < -0.3 is 5.32 Å². The second-order valence-corrected chi connectivity index (χ2v) is 6.20. The summed E-state index contributed by atoms with van der Waals surface area (Å²) in [6.45, 7) is 3.46. The molecule has 0 spiro atoms. The highest BCUT2D eigenvalue weighted by Gasteiger charge is 2.16. The van der Waals surface area contributed by atoms with E-state index in [1.807, 2.05) is 18.7 Å². The van der Waals surface area contributed by atoms with Gasteiger partial charge in [0.15, 0.2) is 0 Å². The molecule has 1 unspecified atom stereocenters. The van der Waals surface area contributed by atoms with Gasteiger partial charge in [0.1, 0.15) is 5.02 Å². The molecule has 4 nitrogen and oxygen atoms in total. The van der Waals surface area contributed by atoms with Gasteiger partial charge in [0.2, 0.25) is 0 Å². The maximum Gasteiger partial charge on any atom is 0.287 e. The molecule has 0 aliphatic carbocycles. The van der Waals surface area contributed by atoms with Crippen LogP contribution in [-0.4, -0.2) is 27.3 Å². The van der Waals surface area contributed by atoms with Crippen molar-refractivity contribution < 1.29 is 0 Å². The molecule has 1 aromatic rings. The van der Waals surface area contributed by atoms with E-state index in [-0.39, 0.29) is 10.6 Å². The summed E-state index contributed by atoms with van der Waals surface area (Å²) in [6.07, 6.45) is 5.03. The molecular formula is C12H18ClN3OS. The fourth-order valence-corrected chi connectivity index (χ4v) is 3.40. The first-order chi connectivity index (χ1) is 8.72. The maximum absolute atomic E-state index is 11.9. The van der Waals surface area contributed by atoms with Crippen LogP contribution < -0.4 is 10.9 Å². The molecule has 0 saturated carbocycles. The molecule has 100 valence electrons. The largest absolute Gasteiger partial charge is 0.381 e. The average Bonchev–Trinajstić information content (AvgIpc) is 2.87. The highest BCUT2D eigenvalue weighted by Crippen LogP contribution is 2.26. The molecule has 1 saturated heterocycles. The number of hydrogen-bond acceptors (Lipinski definition) is 4. The van der Waals surface area contributed by atoms with Crippen LogP contribution in [0.1, 0.15) is 26.2 Å². The number of hydrogen-bond donors (Lipinski definition) is 1. The zero-order valence-corrected chi connectivity index (χ0v) is 12.1. The van der Waals surface area contributed by atoms with Crippen molar-refractivity contribution in [2.24, 2.45) is 0 Å². The van der Waals surface area contributed by atoms with Crippen LogP contribution in [0.2, 0.25) is 5.02 Å². The summed E-state index contributed by atoms with van der Waals surface area (Å²) in [6, 6.07) is 0. The highest BCUT2D eigenvalue weighted by atomic mass is 35.5. The monoisotopic (exact) mass is 287 g/mol. The molecule has 1 N–H and O–H groups in total. The minimum atomic E-state index is -0.206. The number of anilines is 1. The SMILES string of the molecule is CCCn1ncc(NCC2CCCS2)c(Cl)c1=O. The number of halogens is 1. The van der Waals surface area contributed by atoms with Crippen LogP contribution in [0.5, 0.6) is 0 Å². The molecule has 1 aliphatic rings. The third kappa shape index (κ3) is 3.20. The summed E-state index contributed by atoms with van der Waals surface area (Å²) >= 11 is 8.05. The molecule has 2 heterocycles. The van der Waals surface area contributed by atoms with E-state index in [2.05, 4.69) is 10.4 Å². The van der Waals surface area contributed by atoms with Crippen LogP contribution in [0.3, 0.4) is 0 Å². The first kappa shape index (κ1) is 13.7. The molecular weight excluding hydrogens is 270 g/mol. The first-order valence-electron chi connectivity index (χ1n) is 6.33. The summed E-state index contributed by atoms with van der Waals surface area (Å²) < 4.78 is 1.41. The molecule has 1 atom stereocenters. The van der Waals surface area contributed by atoms with Crippen molar-refractivity contribution in [3.05, 3.63) is 21.6 Å². The Morgan fingerprint density at radius 2 is 2.50 bits per heavy atom. The number of rotatable bonds is 5. The van der Waals surface area contributed by atoms with Crippen molar-refractivity contribution in [3.63, 3.8) is 0 Å². The predicted molar refractivity (Wildman–Crippen MR) is 77.8 cm³/mol. The number of aromatic nitrogens is 2. The van der Waals surface area contributed by atoms with Crippen LogP contribution in [0.4, 0.5) is 5.69 Å². The van der Waals surface area contributed by atoms with E-state index in [0.717, 1.165) is 13.0 Å². The molecule has 18 heavy (non-hydrogen) atoms. The van der Waals surface area contributed by atoms with Gasteiger partial charge in [-0.15, -0.1) is 0 Å². The predicted octanol–water partition coefficient (Wildman–Crippen LogP) is 2.61. The van der Waals surface area contributed by atoms with Crippen molar-refractivity contribution in [2.75, 3.05) is 17.6 Å². The van der Waals surface area contributed by atoms with E-state index in [4.69, 9.17) is 11.6 Å². The van der Waals surface area contributed by atoms with E-state index in [1.54, 1.807) is 6.20 Å². The topological polar surface area (TPSA) is 46.9 Å². The quantitative estimate of drug-likeness (QED) is 0.904. The third-order valence-corrected chi connectivity index (χ3v) is 4.73. The lowest BCUT2D eigenvalue weighted by molar-refractivity contribution is 0.568. The number of aryl methyl sites for hydroxylation is 1. The van der Waals surface area contributed by atoms with Gasteiger partial charge >= 0.3 is 0 Å². The normalized spacial score (nSPS) is 19.1. The molecule has 1 aliphatic heterocycles. The van der Waals surface area contributed by atoms with Crippen LogP contribution in [0.15, 0.2) is 11.0 Å². The Morgan fingerprint density at radius 1 is 1.67 bits per heavy atom. The highest BCUT2D eigenvalue weighted by molar-refractivity contribution is 8.00. The van der Waals surface area contributed by atoms with Crippen LogP contribution in [-0.2, 0) is 6.54 Å². The Labute approximate surface area is 116 Å². The fraction of sp³-hybridized carbons (Fsp3) is 0.667. The van der Waals surface area contributed by atoms with Gasteiger partial charge in [0, 0.05) is 18.3 Å². The zero-order chi connectivity index (χ0) is 13.0. The molecule has 0 bridgehead atoms. The van der Waals surface area contributed by atoms with Crippen molar-refractivity contribution in [1.82, 2.24) is 9.78 Å². The standard InChI is InChI=1S/C12H18ClN3OS/c1-2-5-16-12(17)11(13)10(8-15-16)14-7-9-4-3-6-18-9/h8-9,14H,2-7H2,1H3. The van der Waals surface area contributed by atoms with Gasteiger partial charge in [0.05, 0.1) is 11.9 Å². The van der Waals surface area contributed by atoms with Gasteiger partial charge in [-0.25, -0.2) is 4.68 Å². The second kappa shape index (κ2) is 6.48. The van der Waals surface area contributed by atoms with E-state index >= 15 is 0 Å². The van der Waals surface area contributed by atoms with Gasteiger partial charge in [-0.05, 0) is 25.0 Å². The molecule has 2 rings (SSSR count). The Hall–Kier alpha value is -0.680. The van der Waals surface area contributed by atoms with Crippen molar-refractivity contribution in [3.8, 4) is 0 Å². The Balaban J connectivity index is 2.04. The smallest absolute Gasteiger partial charge is 0.287 e. The molecule has 6 heteroatoms. The fourth-order valence-electron chi connectivity index (χ4n) is 1.99. The van der Waals surface area contributed by atoms with Crippen molar-refractivity contribution >= 4 is 29.1 Å². The number of thioether (sulfide) groups is 1. The van der Waals surface area contributed by atoms with Crippen LogP contribution in [0, 0.1) is 0 Å². The average molecular weight is 288 g/mol. The van der Waals surface area contributed by atoms with Gasteiger partial charge in [0.25, 0.3) is 5.56 Å². The van der Waals surface area contributed by atoms with Crippen molar-refractivity contribution in [2.45, 2.75) is 38.0 Å². The lowest BCUT2D eigenvalue weighted by atomic mass is 10.2. The molecule has 1 fully saturated rings. The number of nitrogens with one attached hydrogen (secondary N) is 1. The van der Waals surface area contributed by atoms with Gasteiger partial charge in [-0.2, -0.15) is 16.9 Å². The first-order valence-corrected chi connectivity index (χ1v) is 7.76. The minimum Gasteiger partial charge on any atom is -0.381 e. The maximum atomic E-state index is 11.9. The summed E-state index contributed by atoms with van der Waals surface area (Å²) in [7, 11) is 0. The third-order valence-electron chi connectivity index (χ3n) is 2.96. The van der Waals surface area contributed by atoms with E-state index in [9.17, 15) is 4.79 Å². The Kier molecular flexibility index (Phi) is 4.95. The summed E-state index contributed by atoms with van der Waals surface area (Å²) in [5.41, 5.74) is 0.448. The Morgan fingerprint density at radius 3 is 3.17 bits per heavy atom. The summed E-state index contributed by atoms with van der Waals surface area (Å²) in [5, 5.41) is 8.24. The van der Waals surface area contributed by atoms with Gasteiger partial charge in [-0.1, -0.05) is 18.5 Å². The van der Waals surface area contributed by atoms with Gasteiger partial charge in [-0.3, -0.25) is 4.79 Å². The number of nitrogens with zero attached hydrogens (tertiary/aromatic N) is 2. The van der Waals surface area contributed by atoms with Crippen molar-refractivity contribution in [1.29, 1.82) is 0 Å². The lowest BCUT2D eigenvalue weighted by Gasteiger charge is -2.13. The van der Waals surface area contributed by atoms with Crippen LogP contribution in [0.25, 0.3) is 0 Å². The molecule has 0 aromatic carbocycles. The summed E-state index contributed by atoms with van der Waals surface area (Å²) in [5.74, 6) is 1.23. The molecule has 1 aromatic heterocycles. The lowest BCUT2D eigenvalue weighted by Crippen LogP contribution is -2.25. The zero-order valence-electron chi connectivity index (χ0n) is 10.5. The Bertz CT molecular complexity index is 457. The summed E-state index contributed by atoms with van der Waals surface area (Å²) in [4.78, 5) is 11.9. The van der Waals surface area contributed by atoms with Crippen LogP contribution >= 0.6 is 23.4 Å². The van der Waals surface area contributed by atoms with E-state index in [1.165, 1.54) is 23.3 Å². The van der Waals surface area contributed by atoms with E-state index in [0.29, 0.717) is 17.5 Å². The van der Waals surface area contributed by atoms with E-state index < -0.39 is 0 Å². The minimum absolute atomic E-state index is 0.206. The molecule has 0 amide bonds. The second-order valence-electron chi connectivity index (χ2n) is 4.42.